The third kappa shape index (κ3) is 2.02. The van der Waals surface area contributed by atoms with E-state index < -0.39 is 5.97 Å². The molecule has 20 heavy (non-hydrogen) atoms. The average Bonchev–Trinajstić information content (AvgIpc) is 2.62. The molecular weight excluding hydrogens is 258 g/mol. The third-order valence-corrected chi connectivity index (χ3v) is 3.31. The standard InChI is InChI=1S/C15H13NO4/c1-19-14-9-6-7-11(15(17)18)16-12(9)8-20-13-5-3-2-4-10(13)14/h2-7,14H,8H2,1H3,(H,17,18). The normalized spacial score (nSPS) is 16.6. The minimum atomic E-state index is -1.05. The Morgan fingerprint density at radius 1 is 1.30 bits per heavy atom. The molecule has 0 saturated carbocycles. The number of aromatic carboxylic acids is 1. The molecule has 102 valence electrons. The van der Waals surface area contributed by atoms with Crippen LogP contribution in [0.5, 0.6) is 5.75 Å². The van der Waals surface area contributed by atoms with E-state index in [4.69, 9.17) is 14.6 Å². The summed E-state index contributed by atoms with van der Waals surface area (Å²) in [7, 11) is 1.61. The van der Waals surface area contributed by atoms with E-state index in [1.807, 2.05) is 24.3 Å². The fraction of sp³-hybridized carbons (Fsp3) is 0.200. The van der Waals surface area contributed by atoms with Gasteiger partial charge in [-0.3, -0.25) is 0 Å². The molecule has 0 fully saturated rings. The molecule has 1 aliphatic rings. The summed E-state index contributed by atoms with van der Waals surface area (Å²) >= 11 is 0. The minimum Gasteiger partial charge on any atom is -0.487 e. The highest BCUT2D eigenvalue weighted by molar-refractivity contribution is 5.85. The summed E-state index contributed by atoms with van der Waals surface area (Å²) < 4.78 is 11.3. The number of hydrogen-bond donors (Lipinski definition) is 1. The van der Waals surface area contributed by atoms with Crippen molar-refractivity contribution < 1.29 is 19.4 Å². The van der Waals surface area contributed by atoms with E-state index in [0.29, 0.717) is 5.69 Å². The molecule has 2 heterocycles. The fourth-order valence-electron chi connectivity index (χ4n) is 2.38. The highest BCUT2D eigenvalue weighted by Crippen LogP contribution is 2.36. The van der Waals surface area contributed by atoms with Gasteiger partial charge >= 0.3 is 5.97 Å². The molecule has 0 radical (unpaired) electrons. The lowest BCUT2D eigenvalue weighted by Crippen LogP contribution is -2.10. The molecule has 2 aromatic rings. The monoisotopic (exact) mass is 271 g/mol. The lowest BCUT2D eigenvalue weighted by Gasteiger charge is -2.16. The average molecular weight is 271 g/mol. The molecule has 1 atom stereocenters. The zero-order valence-corrected chi connectivity index (χ0v) is 10.9. The molecule has 0 spiro atoms. The number of carboxylic acids is 1. The van der Waals surface area contributed by atoms with Crippen LogP contribution < -0.4 is 4.74 Å². The molecule has 1 aromatic carbocycles. The van der Waals surface area contributed by atoms with E-state index in [0.717, 1.165) is 16.9 Å². The van der Waals surface area contributed by atoms with Crippen LogP contribution in [0.2, 0.25) is 0 Å². The first-order chi connectivity index (χ1) is 9.70. The first-order valence-corrected chi connectivity index (χ1v) is 6.18. The number of hydrogen-bond acceptors (Lipinski definition) is 4. The number of pyridine rings is 1. The Balaban J connectivity index is 2.14. The van der Waals surface area contributed by atoms with Gasteiger partial charge in [0.05, 0.1) is 5.69 Å². The first kappa shape index (κ1) is 12.6. The van der Waals surface area contributed by atoms with Crippen molar-refractivity contribution in [2.24, 2.45) is 0 Å². The zero-order valence-electron chi connectivity index (χ0n) is 10.9. The number of fused-ring (bicyclic) bond motifs is 2. The van der Waals surface area contributed by atoms with Gasteiger partial charge < -0.3 is 14.6 Å². The van der Waals surface area contributed by atoms with Crippen molar-refractivity contribution >= 4 is 5.97 Å². The van der Waals surface area contributed by atoms with Gasteiger partial charge in [0.2, 0.25) is 0 Å². The molecule has 5 nitrogen and oxygen atoms in total. The van der Waals surface area contributed by atoms with Gasteiger partial charge in [0.25, 0.3) is 0 Å². The van der Waals surface area contributed by atoms with E-state index in [9.17, 15) is 4.79 Å². The van der Waals surface area contributed by atoms with Crippen molar-refractivity contribution in [3.05, 3.63) is 58.9 Å². The second-order valence-electron chi connectivity index (χ2n) is 4.48. The third-order valence-electron chi connectivity index (χ3n) is 3.31. The lowest BCUT2D eigenvalue weighted by atomic mass is 10.00. The minimum absolute atomic E-state index is 0.00755. The van der Waals surface area contributed by atoms with Gasteiger partial charge in [0.1, 0.15) is 24.2 Å². The van der Waals surface area contributed by atoms with Gasteiger partial charge in [-0.2, -0.15) is 0 Å². The number of aromatic nitrogens is 1. The second-order valence-corrected chi connectivity index (χ2v) is 4.48. The summed E-state index contributed by atoms with van der Waals surface area (Å²) in [5.74, 6) is -0.322. The van der Waals surface area contributed by atoms with Crippen molar-refractivity contribution in [2.45, 2.75) is 12.7 Å². The van der Waals surface area contributed by atoms with Crippen LogP contribution in [0.25, 0.3) is 0 Å². The number of para-hydroxylation sites is 1. The Hall–Kier alpha value is -2.40. The zero-order chi connectivity index (χ0) is 14.1. The molecule has 5 heteroatoms. The van der Waals surface area contributed by atoms with Gasteiger partial charge in [-0.1, -0.05) is 24.3 Å². The summed E-state index contributed by atoms with van der Waals surface area (Å²) in [5.41, 5.74) is 2.35. The predicted octanol–water partition coefficient (Wildman–Crippen LogP) is 2.41. The van der Waals surface area contributed by atoms with Gasteiger partial charge in [0.15, 0.2) is 0 Å². The van der Waals surface area contributed by atoms with E-state index >= 15 is 0 Å². The van der Waals surface area contributed by atoms with Gasteiger partial charge in [-0.05, 0) is 12.1 Å². The maximum Gasteiger partial charge on any atom is 0.354 e. The van der Waals surface area contributed by atoms with E-state index in [2.05, 4.69) is 4.98 Å². The molecule has 0 amide bonds. The van der Waals surface area contributed by atoms with Crippen LogP contribution in [-0.4, -0.2) is 23.2 Å². The summed E-state index contributed by atoms with van der Waals surface area (Å²) in [4.78, 5) is 15.2. The van der Waals surface area contributed by atoms with Crippen molar-refractivity contribution in [1.29, 1.82) is 0 Å². The summed E-state index contributed by atoms with van der Waals surface area (Å²) in [6.45, 7) is 0.229. The molecule has 0 bridgehead atoms. The molecule has 1 N–H and O–H groups in total. The van der Waals surface area contributed by atoms with Gasteiger partial charge in [-0.15, -0.1) is 0 Å². The quantitative estimate of drug-likeness (QED) is 0.908. The van der Waals surface area contributed by atoms with E-state index in [1.54, 1.807) is 13.2 Å². The van der Waals surface area contributed by atoms with Crippen LogP contribution in [-0.2, 0) is 11.3 Å². The van der Waals surface area contributed by atoms with Crippen LogP contribution in [0.4, 0.5) is 0 Å². The Morgan fingerprint density at radius 2 is 2.10 bits per heavy atom. The Kier molecular flexibility index (Phi) is 3.12. The topological polar surface area (TPSA) is 68.7 Å². The van der Waals surface area contributed by atoms with Crippen LogP contribution >= 0.6 is 0 Å². The Labute approximate surface area is 115 Å². The molecule has 1 aromatic heterocycles. The summed E-state index contributed by atoms with van der Waals surface area (Å²) in [5, 5.41) is 9.02. The molecule has 0 saturated heterocycles. The van der Waals surface area contributed by atoms with Crippen molar-refractivity contribution in [3.63, 3.8) is 0 Å². The van der Waals surface area contributed by atoms with Crippen molar-refractivity contribution in [1.82, 2.24) is 4.98 Å². The molecule has 0 aliphatic carbocycles. The summed E-state index contributed by atoms with van der Waals surface area (Å²) in [6.07, 6.45) is -0.306. The molecular formula is C15H13NO4. The maximum absolute atomic E-state index is 11.0. The number of carboxylic acid groups (broad SMARTS) is 1. The Morgan fingerprint density at radius 3 is 2.85 bits per heavy atom. The summed E-state index contributed by atoms with van der Waals surface area (Å²) in [6, 6.07) is 10.8. The first-order valence-electron chi connectivity index (χ1n) is 6.18. The fourth-order valence-corrected chi connectivity index (χ4v) is 2.38. The molecule has 3 rings (SSSR count). The number of benzene rings is 1. The van der Waals surface area contributed by atoms with E-state index in [-0.39, 0.29) is 18.4 Å². The van der Waals surface area contributed by atoms with Crippen LogP contribution in [0.15, 0.2) is 36.4 Å². The lowest BCUT2D eigenvalue weighted by molar-refractivity contribution is 0.0689. The molecule has 1 unspecified atom stereocenters. The smallest absolute Gasteiger partial charge is 0.354 e. The Bertz CT molecular complexity index is 669. The maximum atomic E-state index is 11.0. The van der Waals surface area contributed by atoms with Crippen molar-refractivity contribution in [2.75, 3.05) is 7.11 Å². The van der Waals surface area contributed by atoms with Crippen molar-refractivity contribution in [3.8, 4) is 5.75 Å². The SMILES string of the molecule is COC1c2ccccc2OCc2nc(C(=O)O)ccc21. The van der Waals surface area contributed by atoms with Crippen LogP contribution in [0.1, 0.15) is 33.4 Å². The highest BCUT2D eigenvalue weighted by Gasteiger charge is 2.26. The van der Waals surface area contributed by atoms with E-state index in [1.165, 1.54) is 6.07 Å². The number of nitrogens with zero attached hydrogens (tertiary/aromatic N) is 1. The van der Waals surface area contributed by atoms with Gasteiger partial charge in [-0.25, -0.2) is 9.78 Å². The van der Waals surface area contributed by atoms with Gasteiger partial charge in [0, 0.05) is 18.2 Å². The van der Waals surface area contributed by atoms with Crippen LogP contribution in [0, 0.1) is 0 Å². The van der Waals surface area contributed by atoms with Crippen LogP contribution in [0.3, 0.4) is 0 Å². The molecule has 1 aliphatic heterocycles. The predicted molar refractivity (Wildman–Crippen MR) is 70.8 cm³/mol. The number of ether oxygens (including phenoxy) is 2. The number of methoxy groups -OCH3 is 1. The largest absolute Gasteiger partial charge is 0.487 e. The number of carbonyl (C=O) groups is 1. The number of rotatable bonds is 2. The second kappa shape index (κ2) is 4.94. The highest BCUT2D eigenvalue weighted by atomic mass is 16.5.